The number of benzene rings is 5. The SMILES string of the molecule is C#CCNc1ccc2c(C)cc(=O)oc2c1.C=CCNc1ccc2c(C)cc(=O)oc2c1.CCCN(CCC)c1ccc2c(C)cc(=O)oc2c1.CCCNc1ccc2c(C)cc(=O)oc2c1.Cc1cc(=O)oc2cc(N(C)C)ccc12. The molecule has 0 saturated carbocycles. The molecule has 15 heteroatoms. The normalized spacial score (nSPS) is 10.5. The Kier molecular flexibility index (Phi) is 22.3. The highest BCUT2D eigenvalue weighted by molar-refractivity contribution is 5.86. The molecule has 0 aliphatic rings. The quantitative estimate of drug-likeness (QED) is 0.0528. The summed E-state index contributed by atoms with van der Waals surface area (Å²) in [7, 11) is 3.91. The van der Waals surface area contributed by atoms with E-state index in [4.69, 9.17) is 28.5 Å². The van der Waals surface area contributed by atoms with Crippen LogP contribution in [0.15, 0.2) is 180 Å². The molecular weight excluding hydrogens is 1030 g/mol. The highest BCUT2D eigenvalue weighted by Gasteiger charge is 2.10. The van der Waals surface area contributed by atoms with Crippen molar-refractivity contribution < 1.29 is 22.1 Å². The van der Waals surface area contributed by atoms with Gasteiger partial charge in [0.15, 0.2) is 0 Å². The van der Waals surface area contributed by atoms with Gasteiger partial charge in [-0.25, -0.2) is 24.0 Å². The summed E-state index contributed by atoms with van der Waals surface area (Å²) in [5.41, 5.74) is 11.3. The fourth-order valence-corrected chi connectivity index (χ4v) is 8.93. The van der Waals surface area contributed by atoms with Crippen molar-refractivity contribution in [3.05, 3.63) is 214 Å². The van der Waals surface area contributed by atoms with Crippen molar-refractivity contribution in [2.24, 2.45) is 0 Å². The molecule has 15 nitrogen and oxygen atoms in total. The molecule has 3 N–H and O–H groups in total. The summed E-state index contributed by atoms with van der Waals surface area (Å²) in [4.78, 5) is 60.6. The van der Waals surface area contributed by atoms with Crippen LogP contribution in [0.2, 0.25) is 0 Å². The molecule has 0 unspecified atom stereocenters. The van der Waals surface area contributed by atoms with Gasteiger partial charge < -0.3 is 47.8 Å². The number of aryl methyl sites for hydroxylation is 5. The van der Waals surface area contributed by atoms with E-state index in [1.54, 1.807) is 12.1 Å². The van der Waals surface area contributed by atoms with E-state index in [1.807, 2.05) is 132 Å². The first-order chi connectivity index (χ1) is 39.3. The van der Waals surface area contributed by atoms with E-state index in [9.17, 15) is 24.0 Å². The second-order valence-electron chi connectivity index (χ2n) is 19.8. The molecule has 5 aromatic carbocycles. The number of nitrogens with one attached hydrogen (secondary N) is 3. The summed E-state index contributed by atoms with van der Waals surface area (Å²) >= 11 is 0. The number of rotatable bonds is 14. The van der Waals surface area contributed by atoms with Gasteiger partial charge in [-0.15, -0.1) is 13.0 Å². The Labute approximate surface area is 476 Å². The molecule has 0 atom stereocenters. The van der Waals surface area contributed by atoms with E-state index in [2.05, 4.69) is 60.2 Å². The van der Waals surface area contributed by atoms with Crippen molar-refractivity contribution in [2.45, 2.75) is 74.7 Å². The van der Waals surface area contributed by atoms with Crippen LogP contribution in [0.5, 0.6) is 0 Å². The molecule has 0 spiro atoms. The van der Waals surface area contributed by atoms with Crippen LogP contribution in [0.3, 0.4) is 0 Å². The highest BCUT2D eigenvalue weighted by atomic mass is 16.4. The molecule has 0 fully saturated rings. The van der Waals surface area contributed by atoms with E-state index in [0.717, 1.165) is 122 Å². The number of terminal acetylenes is 1. The van der Waals surface area contributed by atoms with Crippen LogP contribution in [-0.4, -0.2) is 46.8 Å². The lowest BCUT2D eigenvalue weighted by Gasteiger charge is -2.23. The van der Waals surface area contributed by atoms with E-state index in [1.165, 1.54) is 30.3 Å². The monoisotopic (exact) mass is 1110 g/mol. The average molecular weight is 1110 g/mol. The molecule has 0 amide bonds. The molecule has 5 aromatic heterocycles. The van der Waals surface area contributed by atoms with Crippen LogP contribution in [0, 0.1) is 47.0 Å². The van der Waals surface area contributed by atoms with Crippen LogP contribution >= 0.6 is 0 Å². The minimum Gasteiger partial charge on any atom is -0.423 e. The van der Waals surface area contributed by atoms with Crippen molar-refractivity contribution in [2.75, 3.05) is 72.6 Å². The zero-order valence-electron chi connectivity index (χ0n) is 48.5. The zero-order valence-corrected chi connectivity index (χ0v) is 48.5. The number of nitrogens with zero attached hydrogens (tertiary/aromatic N) is 2. The minimum atomic E-state index is -0.334. The zero-order chi connectivity index (χ0) is 59.5. The van der Waals surface area contributed by atoms with Gasteiger partial charge in [0.05, 0.1) is 6.54 Å². The Morgan fingerprint density at radius 2 is 0.780 bits per heavy atom. The van der Waals surface area contributed by atoms with E-state index < -0.39 is 0 Å². The maximum absolute atomic E-state index is 11.5. The van der Waals surface area contributed by atoms with Crippen LogP contribution in [0.25, 0.3) is 54.8 Å². The largest absolute Gasteiger partial charge is 0.423 e. The second-order valence-corrected chi connectivity index (χ2v) is 19.8. The first-order valence-corrected chi connectivity index (χ1v) is 27.3. The van der Waals surface area contributed by atoms with Crippen molar-refractivity contribution in [3.63, 3.8) is 0 Å². The van der Waals surface area contributed by atoms with Gasteiger partial charge >= 0.3 is 28.1 Å². The maximum atomic E-state index is 11.5. The van der Waals surface area contributed by atoms with Gasteiger partial charge in [0, 0.05) is 156 Å². The fourth-order valence-electron chi connectivity index (χ4n) is 8.93. The number of hydrogen-bond acceptors (Lipinski definition) is 15. The van der Waals surface area contributed by atoms with E-state index in [0.29, 0.717) is 41.0 Å². The predicted molar refractivity (Wildman–Crippen MR) is 338 cm³/mol. The minimum absolute atomic E-state index is 0.278. The third kappa shape index (κ3) is 17.0. The molecule has 5 heterocycles. The predicted octanol–water partition coefficient (Wildman–Crippen LogP) is 13.7. The van der Waals surface area contributed by atoms with Gasteiger partial charge in [-0.05, 0) is 142 Å². The summed E-state index contributed by atoms with van der Waals surface area (Å²) in [5.74, 6) is 2.48. The van der Waals surface area contributed by atoms with Crippen molar-refractivity contribution in [3.8, 4) is 12.3 Å². The Morgan fingerprint density at radius 1 is 0.451 bits per heavy atom. The number of hydrogen-bond donors (Lipinski definition) is 3. The first-order valence-electron chi connectivity index (χ1n) is 27.3. The Bertz CT molecular complexity index is 4180. The molecule has 426 valence electrons. The van der Waals surface area contributed by atoms with Gasteiger partial charge in [0.2, 0.25) is 0 Å². The van der Waals surface area contributed by atoms with E-state index >= 15 is 0 Å². The van der Waals surface area contributed by atoms with Crippen molar-refractivity contribution in [1.82, 2.24) is 0 Å². The summed E-state index contributed by atoms with van der Waals surface area (Å²) < 4.78 is 25.9. The number of fused-ring (bicyclic) bond motifs is 5. The molecular formula is C67H73N5O10. The summed E-state index contributed by atoms with van der Waals surface area (Å²) in [6.07, 6.45) is 10.2. The second kappa shape index (κ2) is 29.6. The third-order valence-electron chi connectivity index (χ3n) is 13.0. The van der Waals surface area contributed by atoms with Gasteiger partial charge in [0.25, 0.3) is 0 Å². The van der Waals surface area contributed by atoms with Gasteiger partial charge in [-0.2, -0.15) is 0 Å². The maximum Gasteiger partial charge on any atom is 0.336 e. The van der Waals surface area contributed by atoms with Crippen LogP contribution in [-0.2, 0) is 0 Å². The van der Waals surface area contributed by atoms with E-state index in [-0.39, 0.29) is 28.1 Å². The summed E-state index contributed by atoms with van der Waals surface area (Å²) in [6, 6.07) is 36.7. The van der Waals surface area contributed by atoms with Gasteiger partial charge in [-0.3, -0.25) is 0 Å². The molecule has 0 aliphatic heterocycles. The smallest absolute Gasteiger partial charge is 0.336 e. The average Bonchev–Trinajstić information content (AvgIpc) is 3.55. The van der Waals surface area contributed by atoms with Gasteiger partial charge in [0.1, 0.15) is 27.9 Å². The molecule has 0 saturated heterocycles. The molecule has 10 rings (SSSR count). The summed E-state index contributed by atoms with van der Waals surface area (Å²) in [6.45, 7) is 23.7. The Balaban J connectivity index is 0.000000165. The van der Waals surface area contributed by atoms with Crippen LogP contribution in [0.4, 0.5) is 28.4 Å². The third-order valence-corrected chi connectivity index (χ3v) is 13.0. The van der Waals surface area contributed by atoms with Gasteiger partial charge in [-0.1, -0.05) is 32.8 Å². The Hall–Kier alpha value is -9.55. The molecule has 10 aromatic rings. The van der Waals surface area contributed by atoms with Crippen LogP contribution in [0.1, 0.15) is 67.9 Å². The summed E-state index contributed by atoms with van der Waals surface area (Å²) in [5, 5.41) is 14.3. The standard InChI is InChI=1S/C16H21NO2.C13H15NO2.C13H13NO2.C13H11NO2.C12H13NO2/c1-4-8-17(9-5-2)13-6-7-14-12(3)10-16(18)19-15(14)11-13;3*1-3-6-14-10-4-5-11-9(2)7-13(15)16-12(11)8-10;1-8-6-12(14)15-11-7-9(13(2)3)4-5-10(8)11/h6-7,10-11H,4-5,8-9H2,1-3H3;4-5,7-8,14H,3,6H2,1-2H3;3-5,7-8,14H,1,6H2,2H3;1,4-5,7-8,14H,6H2,2H3;4-7H,1-3H3. The highest BCUT2D eigenvalue weighted by Crippen LogP contribution is 2.26. The lowest BCUT2D eigenvalue weighted by molar-refractivity contribution is 0.559. The Morgan fingerprint density at radius 3 is 1.12 bits per heavy atom. The lowest BCUT2D eigenvalue weighted by Crippen LogP contribution is -2.24. The molecule has 82 heavy (non-hydrogen) atoms. The van der Waals surface area contributed by atoms with Crippen molar-refractivity contribution >= 4 is 83.3 Å². The van der Waals surface area contributed by atoms with Crippen molar-refractivity contribution in [1.29, 1.82) is 0 Å². The molecule has 0 aliphatic carbocycles. The molecule has 0 radical (unpaired) electrons. The molecule has 0 bridgehead atoms. The van der Waals surface area contributed by atoms with Crippen LogP contribution < -0.4 is 53.9 Å². The lowest BCUT2D eigenvalue weighted by atomic mass is 10.1. The fraction of sp³-hybridized carbons (Fsp3) is 0.269. The first kappa shape index (κ1) is 61.7. The topological polar surface area (TPSA) is 194 Å². The number of anilines is 5.